The highest BCUT2D eigenvalue weighted by molar-refractivity contribution is 7.10. The minimum atomic E-state index is 0.339. The molecule has 1 aliphatic carbocycles. The zero-order valence-corrected chi connectivity index (χ0v) is 10.4. The van der Waals surface area contributed by atoms with Gasteiger partial charge < -0.3 is 5.32 Å². The van der Waals surface area contributed by atoms with Crippen LogP contribution in [0, 0.1) is 5.41 Å². The third-order valence-corrected chi connectivity index (χ3v) is 5.21. The molecule has 82 valence electrons. The molecular weight excluding hydrogens is 202 g/mol. The molecule has 1 nitrogen and oxygen atoms in total. The van der Waals surface area contributed by atoms with Crippen LogP contribution in [0.1, 0.15) is 43.6 Å². The van der Waals surface area contributed by atoms with Gasteiger partial charge in [0.1, 0.15) is 0 Å². The topological polar surface area (TPSA) is 12.0 Å². The van der Waals surface area contributed by atoms with Gasteiger partial charge in [0.05, 0.1) is 5.54 Å². The van der Waals surface area contributed by atoms with Crippen LogP contribution in [0.15, 0.2) is 11.4 Å². The molecule has 0 aromatic carbocycles. The summed E-state index contributed by atoms with van der Waals surface area (Å²) < 4.78 is 0. The number of hydrogen-bond donors (Lipinski definition) is 1. The summed E-state index contributed by atoms with van der Waals surface area (Å²) in [6, 6.07) is 2.33. The highest BCUT2D eigenvalue weighted by Gasteiger charge is 2.46. The predicted octanol–water partition coefficient (Wildman–Crippen LogP) is 3.30. The van der Waals surface area contributed by atoms with Gasteiger partial charge in [-0.3, -0.25) is 0 Å². The van der Waals surface area contributed by atoms with Crippen molar-refractivity contribution in [3.05, 3.63) is 21.9 Å². The molecule has 0 amide bonds. The lowest BCUT2D eigenvalue weighted by atomic mass is 9.83. The van der Waals surface area contributed by atoms with Crippen molar-refractivity contribution in [3.63, 3.8) is 0 Å². The second-order valence-corrected chi connectivity index (χ2v) is 6.79. The number of nitrogens with one attached hydrogen (secondary N) is 1. The van der Waals surface area contributed by atoms with Crippen LogP contribution in [-0.2, 0) is 12.0 Å². The quantitative estimate of drug-likeness (QED) is 0.709. The van der Waals surface area contributed by atoms with E-state index in [1.54, 1.807) is 10.4 Å². The molecule has 1 N–H and O–H groups in total. The molecular formula is C13H19NS. The van der Waals surface area contributed by atoms with E-state index in [0.717, 1.165) is 0 Å². The molecule has 1 atom stereocenters. The van der Waals surface area contributed by atoms with Crippen molar-refractivity contribution in [1.82, 2.24) is 5.32 Å². The fraction of sp³-hybridized carbons (Fsp3) is 0.692. The normalized spacial score (nSPS) is 33.2. The SMILES string of the molecule is CC1(C)CCC2(C1)NCCc1ccsc12. The average molecular weight is 221 g/mol. The van der Waals surface area contributed by atoms with E-state index in [-0.39, 0.29) is 0 Å². The Morgan fingerprint density at radius 1 is 1.33 bits per heavy atom. The van der Waals surface area contributed by atoms with Crippen molar-refractivity contribution in [2.24, 2.45) is 5.41 Å². The summed E-state index contributed by atoms with van der Waals surface area (Å²) >= 11 is 1.96. The number of hydrogen-bond acceptors (Lipinski definition) is 2. The minimum absolute atomic E-state index is 0.339. The predicted molar refractivity (Wildman–Crippen MR) is 65.3 cm³/mol. The maximum Gasteiger partial charge on any atom is 0.0536 e. The van der Waals surface area contributed by atoms with E-state index in [1.807, 2.05) is 11.3 Å². The van der Waals surface area contributed by atoms with Crippen LogP contribution in [0.2, 0.25) is 0 Å². The Kier molecular flexibility index (Phi) is 2.02. The first-order valence-electron chi connectivity index (χ1n) is 5.93. The number of rotatable bonds is 0. The molecule has 1 spiro atoms. The van der Waals surface area contributed by atoms with Crippen molar-refractivity contribution in [3.8, 4) is 0 Å². The highest BCUT2D eigenvalue weighted by atomic mass is 32.1. The first-order valence-corrected chi connectivity index (χ1v) is 6.81. The molecule has 0 bridgehead atoms. The summed E-state index contributed by atoms with van der Waals surface area (Å²) in [4.78, 5) is 1.64. The first-order chi connectivity index (χ1) is 7.11. The Hall–Kier alpha value is -0.340. The molecule has 1 aromatic heterocycles. The van der Waals surface area contributed by atoms with Crippen molar-refractivity contribution >= 4 is 11.3 Å². The molecule has 15 heavy (non-hydrogen) atoms. The third kappa shape index (κ3) is 1.46. The third-order valence-electron chi connectivity index (χ3n) is 4.05. The molecule has 1 fully saturated rings. The molecule has 3 rings (SSSR count). The molecule has 1 aromatic rings. The Bertz CT molecular complexity index is 380. The largest absolute Gasteiger partial charge is 0.306 e. The Morgan fingerprint density at radius 2 is 2.20 bits per heavy atom. The van der Waals surface area contributed by atoms with Gasteiger partial charge in [-0.1, -0.05) is 13.8 Å². The Labute approximate surface area is 95.9 Å². The second kappa shape index (κ2) is 3.08. The van der Waals surface area contributed by atoms with Gasteiger partial charge in [0, 0.05) is 11.4 Å². The molecule has 1 saturated carbocycles. The maximum atomic E-state index is 3.80. The first kappa shape index (κ1) is 9.86. The van der Waals surface area contributed by atoms with Crippen LogP contribution in [0.5, 0.6) is 0 Å². The van der Waals surface area contributed by atoms with E-state index in [2.05, 4.69) is 30.6 Å². The summed E-state index contributed by atoms with van der Waals surface area (Å²) in [6.07, 6.45) is 5.22. The summed E-state index contributed by atoms with van der Waals surface area (Å²) in [5.74, 6) is 0. The Morgan fingerprint density at radius 3 is 2.93 bits per heavy atom. The van der Waals surface area contributed by atoms with E-state index in [0.29, 0.717) is 11.0 Å². The van der Waals surface area contributed by atoms with E-state index in [1.165, 1.54) is 32.2 Å². The lowest BCUT2D eigenvalue weighted by molar-refractivity contribution is 0.283. The highest BCUT2D eigenvalue weighted by Crippen LogP contribution is 2.52. The van der Waals surface area contributed by atoms with Gasteiger partial charge in [-0.25, -0.2) is 0 Å². The summed E-state index contributed by atoms with van der Waals surface area (Å²) in [6.45, 7) is 5.98. The second-order valence-electron chi connectivity index (χ2n) is 5.87. The zero-order chi connectivity index (χ0) is 10.5. The molecule has 2 heteroatoms. The number of thiophene rings is 1. The fourth-order valence-electron chi connectivity index (χ4n) is 3.36. The van der Waals surface area contributed by atoms with Crippen LogP contribution < -0.4 is 5.32 Å². The summed E-state index contributed by atoms with van der Waals surface area (Å²) in [5.41, 5.74) is 2.47. The van der Waals surface area contributed by atoms with Crippen molar-refractivity contribution in [2.45, 2.75) is 45.1 Å². The zero-order valence-electron chi connectivity index (χ0n) is 9.60. The van der Waals surface area contributed by atoms with Gasteiger partial charge in [0.25, 0.3) is 0 Å². The van der Waals surface area contributed by atoms with E-state index < -0.39 is 0 Å². The van der Waals surface area contributed by atoms with Crippen LogP contribution in [0.4, 0.5) is 0 Å². The molecule has 1 unspecified atom stereocenters. The molecule has 0 radical (unpaired) electrons. The lowest BCUT2D eigenvalue weighted by Gasteiger charge is -2.36. The minimum Gasteiger partial charge on any atom is -0.306 e. The van der Waals surface area contributed by atoms with Crippen LogP contribution in [-0.4, -0.2) is 6.54 Å². The molecule has 1 aliphatic heterocycles. The van der Waals surface area contributed by atoms with E-state index in [9.17, 15) is 0 Å². The van der Waals surface area contributed by atoms with Gasteiger partial charge >= 0.3 is 0 Å². The van der Waals surface area contributed by atoms with Gasteiger partial charge in [-0.15, -0.1) is 11.3 Å². The van der Waals surface area contributed by atoms with Gasteiger partial charge in [0.2, 0.25) is 0 Å². The average Bonchev–Trinajstić information content (AvgIpc) is 2.73. The van der Waals surface area contributed by atoms with Crippen molar-refractivity contribution < 1.29 is 0 Å². The smallest absolute Gasteiger partial charge is 0.0536 e. The summed E-state index contributed by atoms with van der Waals surface area (Å²) in [7, 11) is 0. The molecule has 2 aliphatic rings. The van der Waals surface area contributed by atoms with Gasteiger partial charge in [0.15, 0.2) is 0 Å². The van der Waals surface area contributed by atoms with E-state index >= 15 is 0 Å². The van der Waals surface area contributed by atoms with Gasteiger partial charge in [-0.2, -0.15) is 0 Å². The standard InChI is InChI=1S/C13H19NS/c1-12(2)5-6-13(9-12)11-10(3-7-14-13)4-8-15-11/h4,8,14H,3,5-7,9H2,1-2H3. The lowest BCUT2D eigenvalue weighted by Crippen LogP contribution is -2.45. The van der Waals surface area contributed by atoms with Gasteiger partial charge in [-0.05, 0) is 48.1 Å². The van der Waals surface area contributed by atoms with Crippen molar-refractivity contribution in [2.75, 3.05) is 6.54 Å². The fourth-order valence-corrected chi connectivity index (χ4v) is 4.52. The molecule has 0 saturated heterocycles. The number of fused-ring (bicyclic) bond motifs is 2. The van der Waals surface area contributed by atoms with Crippen LogP contribution in [0.3, 0.4) is 0 Å². The van der Waals surface area contributed by atoms with E-state index in [4.69, 9.17) is 0 Å². The maximum absolute atomic E-state index is 3.80. The Balaban J connectivity index is 2.02. The van der Waals surface area contributed by atoms with Crippen LogP contribution in [0.25, 0.3) is 0 Å². The molecule has 2 heterocycles. The monoisotopic (exact) mass is 221 g/mol. The van der Waals surface area contributed by atoms with Crippen LogP contribution >= 0.6 is 11.3 Å². The van der Waals surface area contributed by atoms with Crippen molar-refractivity contribution in [1.29, 1.82) is 0 Å². The summed E-state index contributed by atoms with van der Waals surface area (Å²) in [5, 5.41) is 6.07.